The predicted octanol–water partition coefficient (Wildman–Crippen LogP) is 7.55. The van der Waals surface area contributed by atoms with E-state index >= 15 is 0 Å². The molecule has 0 N–H and O–H groups in total. The van der Waals surface area contributed by atoms with E-state index in [2.05, 4.69) is 30.8 Å². The van der Waals surface area contributed by atoms with E-state index in [9.17, 15) is 9.59 Å². The lowest BCUT2D eigenvalue weighted by Gasteiger charge is -2.09. The minimum atomic E-state index is -0.316. The third-order valence-electron chi connectivity index (χ3n) is 5.95. The Morgan fingerprint density at radius 2 is 1.03 bits per heavy atom. The van der Waals surface area contributed by atoms with Crippen LogP contribution in [-0.2, 0) is 19.1 Å². The van der Waals surface area contributed by atoms with Crippen molar-refractivity contribution >= 4 is 11.9 Å². The lowest BCUT2D eigenvalue weighted by atomic mass is 10.1. The van der Waals surface area contributed by atoms with Gasteiger partial charge in [-0.2, -0.15) is 0 Å². The monoisotopic (exact) mass is 524 g/mol. The van der Waals surface area contributed by atoms with Crippen molar-refractivity contribution in [1.82, 2.24) is 0 Å². The van der Waals surface area contributed by atoms with Crippen LogP contribution >= 0.6 is 0 Å². The summed E-state index contributed by atoms with van der Waals surface area (Å²) >= 11 is 0. The number of hydrogen-bond donors (Lipinski definition) is 0. The summed E-state index contributed by atoms with van der Waals surface area (Å²) in [5, 5.41) is 0. The second-order valence-electron chi connectivity index (χ2n) is 9.81. The van der Waals surface area contributed by atoms with Crippen LogP contribution in [0.4, 0.5) is 0 Å². The van der Waals surface area contributed by atoms with Gasteiger partial charge in [0.25, 0.3) is 0 Å². The van der Waals surface area contributed by atoms with Crippen LogP contribution in [0.2, 0.25) is 0 Å². The molecule has 0 saturated heterocycles. The van der Waals surface area contributed by atoms with Gasteiger partial charge in [-0.1, -0.05) is 44.7 Å². The molecule has 0 aliphatic heterocycles. The SMILES string of the molecule is C=C(C)C(=O)OCCCCCCOc1ccc(-c2ccc(OCCCCCCOC(=O)C(C)C)cc2)cc1. The molecule has 0 radical (unpaired) electrons. The molecule has 0 aliphatic carbocycles. The van der Waals surface area contributed by atoms with Crippen LogP contribution in [0, 0.1) is 5.92 Å². The number of carbonyl (C=O) groups excluding carboxylic acids is 2. The van der Waals surface area contributed by atoms with Crippen molar-refractivity contribution in [2.24, 2.45) is 5.92 Å². The Bertz CT molecular complexity index is 962. The molecule has 0 saturated carbocycles. The van der Waals surface area contributed by atoms with Crippen LogP contribution < -0.4 is 9.47 Å². The second-order valence-corrected chi connectivity index (χ2v) is 9.81. The standard InChI is InChI=1S/C32H44O6/c1-25(2)31(33)37-23-11-7-5-9-21-35-29-17-13-27(14-18-29)28-15-19-30(20-16-28)36-22-10-6-8-12-24-38-32(34)26(3)4/h13-20,26H,1,5-12,21-24H2,2-4H3. The molecule has 0 heterocycles. The first kappa shape index (κ1) is 30.9. The van der Waals surface area contributed by atoms with Gasteiger partial charge in [0.2, 0.25) is 0 Å². The Morgan fingerprint density at radius 3 is 1.42 bits per heavy atom. The van der Waals surface area contributed by atoms with Crippen LogP contribution in [0.1, 0.15) is 72.1 Å². The van der Waals surface area contributed by atoms with Gasteiger partial charge in [-0.25, -0.2) is 4.79 Å². The third-order valence-corrected chi connectivity index (χ3v) is 5.95. The highest BCUT2D eigenvalue weighted by Crippen LogP contribution is 2.25. The summed E-state index contributed by atoms with van der Waals surface area (Å²) in [5.41, 5.74) is 2.70. The number of benzene rings is 2. The van der Waals surface area contributed by atoms with Crippen LogP contribution in [0.15, 0.2) is 60.7 Å². The molecule has 0 amide bonds. The minimum absolute atomic E-state index is 0.0612. The Labute approximate surface area is 228 Å². The highest BCUT2D eigenvalue weighted by atomic mass is 16.5. The molecule has 2 rings (SSSR count). The lowest BCUT2D eigenvalue weighted by molar-refractivity contribution is -0.147. The molecule has 0 aromatic heterocycles. The van der Waals surface area contributed by atoms with Crippen LogP contribution in [-0.4, -0.2) is 38.4 Å². The van der Waals surface area contributed by atoms with Gasteiger partial charge in [0.05, 0.1) is 32.3 Å². The summed E-state index contributed by atoms with van der Waals surface area (Å²) in [6, 6.07) is 16.3. The molecule has 0 unspecified atom stereocenters. The maximum atomic E-state index is 11.4. The predicted molar refractivity (Wildman–Crippen MR) is 151 cm³/mol. The first-order valence-corrected chi connectivity index (χ1v) is 13.8. The largest absolute Gasteiger partial charge is 0.494 e. The van der Waals surface area contributed by atoms with E-state index in [0.29, 0.717) is 32.0 Å². The average Bonchev–Trinajstić information content (AvgIpc) is 2.92. The van der Waals surface area contributed by atoms with Crippen LogP contribution in [0.3, 0.4) is 0 Å². The van der Waals surface area contributed by atoms with Crippen molar-refractivity contribution in [2.45, 2.75) is 72.1 Å². The van der Waals surface area contributed by atoms with Gasteiger partial charge in [0, 0.05) is 5.57 Å². The molecule has 38 heavy (non-hydrogen) atoms. The van der Waals surface area contributed by atoms with Gasteiger partial charge in [0.15, 0.2) is 0 Å². The minimum Gasteiger partial charge on any atom is -0.494 e. The maximum absolute atomic E-state index is 11.4. The van der Waals surface area contributed by atoms with E-state index in [1.54, 1.807) is 6.92 Å². The van der Waals surface area contributed by atoms with Gasteiger partial charge < -0.3 is 18.9 Å². The Morgan fingerprint density at radius 1 is 0.632 bits per heavy atom. The quantitative estimate of drug-likeness (QED) is 0.107. The molecule has 0 aliphatic rings. The maximum Gasteiger partial charge on any atom is 0.333 e. The number of carbonyl (C=O) groups is 2. The number of ether oxygens (including phenoxy) is 4. The summed E-state index contributed by atoms with van der Waals surface area (Å²) in [6.07, 6.45) is 7.82. The van der Waals surface area contributed by atoms with E-state index in [1.165, 1.54) is 0 Å². The Balaban J connectivity index is 1.56. The molecular weight excluding hydrogens is 480 g/mol. The van der Waals surface area contributed by atoms with E-state index in [0.717, 1.165) is 74.0 Å². The van der Waals surface area contributed by atoms with E-state index in [4.69, 9.17) is 18.9 Å². The average molecular weight is 525 g/mol. The summed E-state index contributed by atoms with van der Waals surface area (Å²) < 4.78 is 22.0. The van der Waals surface area contributed by atoms with Crippen molar-refractivity contribution in [3.63, 3.8) is 0 Å². The van der Waals surface area contributed by atoms with Crippen molar-refractivity contribution in [2.75, 3.05) is 26.4 Å². The normalized spacial score (nSPS) is 10.7. The highest BCUT2D eigenvalue weighted by Gasteiger charge is 2.07. The third kappa shape index (κ3) is 12.8. The smallest absolute Gasteiger partial charge is 0.333 e. The van der Waals surface area contributed by atoms with Gasteiger partial charge in [-0.15, -0.1) is 0 Å². The van der Waals surface area contributed by atoms with Gasteiger partial charge in [0.1, 0.15) is 11.5 Å². The summed E-state index contributed by atoms with van der Waals surface area (Å²) in [4.78, 5) is 22.7. The molecule has 0 atom stereocenters. The zero-order valence-corrected chi connectivity index (χ0v) is 23.3. The fraction of sp³-hybridized carbons (Fsp3) is 0.500. The Hall–Kier alpha value is -3.28. The number of hydrogen-bond acceptors (Lipinski definition) is 6. The Kier molecular flexibility index (Phi) is 14.7. The van der Waals surface area contributed by atoms with Crippen LogP contribution in [0.5, 0.6) is 11.5 Å². The zero-order valence-electron chi connectivity index (χ0n) is 23.3. The zero-order chi connectivity index (χ0) is 27.6. The van der Waals surface area contributed by atoms with Crippen LogP contribution in [0.25, 0.3) is 11.1 Å². The summed E-state index contributed by atoms with van der Waals surface area (Å²) in [5.74, 6) is 1.23. The molecule has 0 bridgehead atoms. The fourth-order valence-electron chi connectivity index (χ4n) is 3.61. The van der Waals surface area contributed by atoms with Gasteiger partial charge >= 0.3 is 11.9 Å². The fourth-order valence-corrected chi connectivity index (χ4v) is 3.61. The lowest BCUT2D eigenvalue weighted by Crippen LogP contribution is -2.12. The molecular formula is C32H44O6. The number of rotatable bonds is 19. The van der Waals surface area contributed by atoms with E-state index in [-0.39, 0.29) is 17.9 Å². The molecule has 2 aromatic carbocycles. The first-order chi connectivity index (χ1) is 18.4. The first-order valence-electron chi connectivity index (χ1n) is 13.8. The molecule has 0 fully saturated rings. The molecule has 0 spiro atoms. The summed E-state index contributed by atoms with van der Waals surface area (Å²) in [7, 11) is 0. The number of unbranched alkanes of at least 4 members (excludes halogenated alkanes) is 6. The van der Waals surface area contributed by atoms with Gasteiger partial charge in [-0.3, -0.25) is 4.79 Å². The summed E-state index contributed by atoms with van der Waals surface area (Å²) in [6.45, 7) is 11.2. The number of esters is 2. The molecule has 6 nitrogen and oxygen atoms in total. The molecule has 208 valence electrons. The van der Waals surface area contributed by atoms with Crippen molar-refractivity contribution in [1.29, 1.82) is 0 Å². The topological polar surface area (TPSA) is 71.1 Å². The highest BCUT2D eigenvalue weighted by molar-refractivity contribution is 5.86. The molecule has 6 heteroatoms. The van der Waals surface area contributed by atoms with E-state index < -0.39 is 0 Å². The van der Waals surface area contributed by atoms with Crippen molar-refractivity contribution in [3.05, 3.63) is 60.7 Å². The van der Waals surface area contributed by atoms with E-state index in [1.807, 2.05) is 38.1 Å². The van der Waals surface area contributed by atoms with Crippen molar-refractivity contribution in [3.8, 4) is 22.6 Å². The second kappa shape index (κ2) is 18.1. The van der Waals surface area contributed by atoms with Crippen molar-refractivity contribution < 1.29 is 28.5 Å². The van der Waals surface area contributed by atoms with Gasteiger partial charge in [-0.05, 0) is 93.7 Å². The molecule has 2 aromatic rings.